The van der Waals surface area contributed by atoms with E-state index in [-0.39, 0.29) is 11.3 Å². The standard InChI is InChI=1S/C24H27FN2O3/c1-4-5-6-15-27-21(16-9-13-19(14-10-16)26(2)3)20(23(29)24(27)30)22(28)17-7-11-18(25)12-8-17/h7-14,21,28H,4-6,15H2,1-3H3/b22-20-. The summed E-state index contributed by atoms with van der Waals surface area (Å²) in [5.41, 5.74) is 2.08. The summed E-state index contributed by atoms with van der Waals surface area (Å²) in [6.07, 6.45) is 2.70. The minimum absolute atomic E-state index is 0.0423. The van der Waals surface area contributed by atoms with Crippen molar-refractivity contribution in [1.82, 2.24) is 4.90 Å². The van der Waals surface area contributed by atoms with Gasteiger partial charge in [-0.15, -0.1) is 0 Å². The highest BCUT2D eigenvalue weighted by molar-refractivity contribution is 6.46. The lowest BCUT2D eigenvalue weighted by molar-refractivity contribution is -0.139. The molecule has 1 atom stereocenters. The average Bonchev–Trinajstić information content (AvgIpc) is 2.99. The molecule has 2 aromatic rings. The van der Waals surface area contributed by atoms with Gasteiger partial charge in [0.1, 0.15) is 11.6 Å². The fraction of sp³-hybridized carbons (Fsp3) is 0.333. The first-order chi connectivity index (χ1) is 14.3. The number of carbonyl (C=O) groups excluding carboxylic acids is 2. The van der Waals surface area contributed by atoms with Gasteiger partial charge in [-0.25, -0.2) is 4.39 Å². The van der Waals surface area contributed by atoms with Crippen molar-refractivity contribution in [3.8, 4) is 0 Å². The van der Waals surface area contributed by atoms with E-state index in [0.29, 0.717) is 12.1 Å². The fourth-order valence-corrected chi connectivity index (χ4v) is 3.71. The zero-order chi connectivity index (χ0) is 21.8. The monoisotopic (exact) mass is 410 g/mol. The van der Waals surface area contributed by atoms with Crippen LogP contribution in [0.4, 0.5) is 10.1 Å². The molecular formula is C24H27FN2O3. The summed E-state index contributed by atoms with van der Waals surface area (Å²) in [5.74, 6) is -2.05. The maximum Gasteiger partial charge on any atom is 0.295 e. The molecule has 3 rings (SSSR count). The Kier molecular flexibility index (Phi) is 6.55. The second-order valence-corrected chi connectivity index (χ2v) is 7.69. The molecule has 0 saturated carbocycles. The molecule has 6 heteroatoms. The number of aliphatic hydroxyl groups is 1. The van der Waals surface area contributed by atoms with Crippen LogP contribution in [0.2, 0.25) is 0 Å². The van der Waals surface area contributed by atoms with Gasteiger partial charge in [0, 0.05) is 31.9 Å². The van der Waals surface area contributed by atoms with Gasteiger partial charge in [0.25, 0.3) is 11.7 Å². The van der Waals surface area contributed by atoms with Gasteiger partial charge in [-0.1, -0.05) is 31.9 Å². The molecule has 30 heavy (non-hydrogen) atoms. The van der Waals surface area contributed by atoms with Crippen molar-refractivity contribution in [1.29, 1.82) is 0 Å². The Morgan fingerprint density at radius 1 is 1.03 bits per heavy atom. The molecule has 0 radical (unpaired) electrons. The van der Waals surface area contributed by atoms with E-state index in [9.17, 15) is 19.1 Å². The molecule has 1 amide bonds. The van der Waals surface area contributed by atoms with Gasteiger partial charge in [0.15, 0.2) is 0 Å². The molecule has 1 fully saturated rings. The number of halogens is 1. The number of Topliss-reactive ketones (excluding diaryl/α,β-unsaturated/α-hetero) is 1. The van der Waals surface area contributed by atoms with Gasteiger partial charge in [-0.2, -0.15) is 0 Å². The van der Waals surface area contributed by atoms with Crippen molar-refractivity contribution in [2.75, 3.05) is 25.5 Å². The molecule has 1 heterocycles. The lowest BCUT2D eigenvalue weighted by Crippen LogP contribution is -2.30. The highest BCUT2D eigenvalue weighted by Gasteiger charge is 2.45. The van der Waals surface area contributed by atoms with E-state index in [1.165, 1.54) is 29.2 Å². The number of hydrogen-bond donors (Lipinski definition) is 1. The van der Waals surface area contributed by atoms with Gasteiger partial charge < -0.3 is 14.9 Å². The largest absolute Gasteiger partial charge is 0.507 e. The quantitative estimate of drug-likeness (QED) is 0.316. The molecule has 0 spiro atoms. The number of nitrogens with zero attached hydrogens (tertiary/aromatic N) is 2. The summed E-state index contributed by atoms with van der Waals surface area (Å²) in [4.78, 5) is 29.2. The van der Waals surface area contributed by atoms with E-state index in [1.807, 2.05) is 43.3 Å². The average molecular weight is 410 g/mol. The molecule has 1 saturated heterocycles. The third-order valence-electron chi connectivity index (χ3n) is 5.39. The molecular weight excluding hydrogens is 383 g/mol. The molecule has 0 bridgehead atoms. The Labute approximate surface area is 176 Å². The number of benzene rings is 2. The van der Waals surface area contributed by atoms with Crippen LogP contribution in [0, 0.1) is 5.82 Å². The number of amides is 1. The van der Waals surface area contributed by atoms with Crippen LogP contribution >= 0.6 is 0 Å². The van der Waals surface area contributed by atoms with E-state index < -0.39 is 23.5 Å². The van der Waals surface area contributed by atoms with Crippen LogP contribution in [0.1, 0.15) is 43.4 Å². The van der Waals surface area contributed by atoms with E-state index in [0.717, 1.165) is 30.5 Å². The van der Waals surface area contributed by atoms with E-state index in [1.54, 1.807) is 0 Å². The number of hydrogen-bond acceptors (Lipinski definition) is 4. The van der Waals surface area contributed by atoms with Crippen molar-refractivity contribution in [3.63, 3.8) is 0 Å². The van der Waals surface area contributed by atoms with Crippen molar-refractivity contribution < 1.29 is 19.1 Å². The van der Waals surface area contributed by atoms with Gasteiger partial charge in [-0.3, -0.25) is 9.59 Å². The van der Waals surface area contributed by atoms with Crippen LogP contribution in [0.3, 0.4) is 0 Å². The Morgan fingerprint density at radius 2 is 1.67 bits per heavy atom. The summed E-state index contributed by atoms with van der Waals surface area (Å²) in [6, 6.07) is 12.1. The minimum atomic E-state index is -0.713. The number of carbonyl (C=O) groups is 2. The summed E-state index contributed by atoms with van der Waals surface area (Å²) in [7, 11) is 3.86. The van der Waals surface area contributed by atoms with Gasteiger partial charge in [-0.05, 0) is 48.4 Å². The third kappa shape index (κ3) is 4.22. The predicted octanol–water partition coefficient (Wildman–Crippen LogP) is 4.50. The molecule has 1 aliphatic rings. The summed E-state index contributed by atoms with van der Waals surface area (Å²) in [6.45, 7) is 2.50. The molecule has 5 nitrogen and oxygen atoms in total. The van der Waals surface area contributed by atoms with Crippen molar-refractivity contribution >= 4 is 23.1 Å². The van der Waals surface area contributed by atoms with Crippen LogP contribution in [-0.4, -0.2) is 42.3 Å². The van der Waals surface area contributed by atoms with E-state index in [2.05, 4.69) is 6.92 Å². The molecule has 158 valence electrons. The van der Waals surface area contributed by atoms with Gasteiger partial charge >= 0.3 is 0 Å². The van der Waals surface area contributed by atoms with Gasteiger partial charge in [0.2, 0.25) is 0 Å². The maximum atomic E-state index is 13.3. The van der Waals surface area contributed by atoms with Crippen LogP contribution in [-0.2, 0) is 9.59 Å². The van der Waals surface area contributed by atoms with E-state index >= 15 is 0 Å². The topological polar surface area (TPSA) is 60.9 Å². The van der Waals surface area contributed by atoms with Crippen LogP contribution in [0.25, 0.3) is 5.76 Å². The smallest absolute Gasteiger partial charge is 0.295 e. The Balaban J connectivity index is 2.10. The first kappa shape index (κ1) is 21.6. The molecule has 0 aliphatic carbocycles. The fourth-order valence-electron chi connectivity index (χ4n) is 3.71. The Bertz CT molecular complexity index is 949. The number of aliphatic hydroxyl groups excluding tert-OH is 1. The minimum Gasteiger partial charge on any atom is -0.507 e. The molecule has 1 N–H and O–H groups in total. The van der Waals surface area contributed by atoms with Crippen molar-refractivity contribution in [3.05, 3.63) is 71.0 Å². The first-order valence-electron chi connectivity index (χ1n) is 10.2. The zero-order valence-electron chi connectivity index (χ0n) is 17.6. The molecule has 2 aromatic carbocycles. The zero-order valence-corrected chi connectivity index (χ0v) is 17.6. The van der Waals surface area contributed by atoms with Gasteiger partial charge in [0.05, 0.1) is 11.6 Å². The van der Waals surface area contributed by atoms with Crippen LogP contribution in [0.5, 0.6) is 0 Å². The highest BCUT2D eigenvalue weighted by atomic mass is 19.1. The maximum absolute atomic E-state index is 13.3. The lowest BCUT2D eigenvalue weighted by Gasteiger charge is -2.26. The van der Waals surface area contributed by atoms with Crippen molar-refractivity contribution in [2.24, 2.45) is 0 Å². The molecule has 1 aliphatic heterocycles. The molecule has 1 unspecified atom stereocenters. The van der Waals surface area contributed by atoms with E-state index in [4.69, 9.17) is 0 Å². The highest BCUT2D eigenvalue weighted by Crippen LogP contribution is 2.40. The SMILES string of the molecule is CCCCCN1C(=O)C(=O)/C(=C(\O)c2ccc(F)cc2)C1c1ccc(N(C)C)cc1. The Morgan fingerprint density at radius 3 is 2.23 bits per heavy atom. The number of rotatable bonds is 7. The number of anilines is 1. The summed E-state index contributed by atoms with van der Waals surface area (Å²) >= 11 is 0. The Hall–Kier alpha value is -3.15. The predicted molar refractivity (Wildman–Crippen MR) is 116 cm³/mol. The third-order valence-corrected chi connectivity index (χ3v) is 5.39. The van der Waals surface area contributed by atoms with Crippen molar-refractivity contribution in [2.45, 2.75) is 32.2 Å². The summed E-state index contributed by atoms with van der Waals surface area (Å²) in [5, 5.41) is 10.9. The number of likely N-dealkylation sites (tertiary alicyclic amines) is 1. The first-order valence-corrected chi connectivity index (χ1v) is 10.2. The summed E-state index contributed by atoms with van der Waals surface area (Å²) < 4.78 is 13.3. The van der Waals surface area contributed by atoms with Crippen LogP contribution < -0.4 is 4.90 Å². The number of unbranched alkanes of at least 4 members (excludes halogenated alkanes) is 2. The second-order valence-electron chi connectivity index (χ2n) is 7.69. The number of ketones is 1. The lowest BCUT2D eigenvalue weighted by atomic mass is 9.95. The normalized spacial score (nSPS) is 18.1. The molecule has 0 aromatic heterocycles. The second kappa shape index (κ2) is 9.11. The van der Waals surface area contributed by atoms with Crippen LogP contribution in [0.15, 0.2) is 54.1 Å².